The molecule has 3 rings (SSSR count). The van der Waals surface area contributed by atoms with Gasteiger partial charge in [0.15, 0.2) is 0 Å². The Morgan fingerprint density at radius 3 is 2.18 bits per heavy atom. The number of hydrogen-bond acceptors (Lipinski definition) is 4. The molecule has 2 aromatic rings. The van der Waals surface area contributed by atoms with Crippen LogP contribution in [-0.4, -0.2) is 58.8 Å². The maximum Gasteiger partial charge on any atom is 0.211 e. The fourth-order valence-corrected chi connectivity index (χ4v) is 4.53. The van der Waals surface area contributed by atoms with Gasteiger partial charge < -0.3 is 9.80 Å². The fraction of sp³-hybridized carbons (Fsp3) is 0.455. The number of benzene rings is 2. The van der Waals surface area contributed by atoms with Crippen LogP contribution >= 0.6 is 0 Å². The smallest absolute Gasteiger partial charge is 0.211 e. The van der Waals surface area contributed by atoms with Crippen molar-refractivity contribution in [1.29, 1.82) is 0 Å². The Morgan fingerprint density at radius 2 is 1.50 bits per heavy atom. The summed E-state index contributed by atoms with van der Waals surface area (Å²) in [5.74, 6) is 0.136. The van der Waals surface area contributed by atoms with Crippen molar-refractivity contribution in [1.82, 2.24) is 9.62 Å². The first kappa shape index (κ1) is 20.8. The number of anilines is 1. The standard InChI is InChI=1S/C22H31N3O2S/c1-24-15-17-25(18-16-24)22-11-9-21(10-12-22)8-5-14-23-28(26,27)19-13-20-6-3-2-4-7-20/h2-4,6-7,9-12,23H,5,8,13-19H2,1H3. The van der Waals surface area contributed by atoms with E-state index >= 15 is 0 Å². The van der Waals surface area contributed by atoms with Crippen LogP contribution in [0.3, 0.4) is 0 Å². The molecule has 0 atom stereocenters. The Morgan fingerprint density at radius 1 is 0.857 bits per heavy atom. The van der Waals surface area contributed by atoms with E-state index in [4.69, 9.17) is 0 Å². The zero-order valence-corrected chi connectivity index (χ0v) is 17.5. The van der Waals surface area contributed by atoms with Crippen LogP contribution in [0.4, 0.5) is 5.69 Å². The zero-order valence-electron chi connectivity index (χ0n) is 16.7. The van der Waals surface area contributed by atoms with E-state index < -0.39 is 10.0 Å². The first-order chi connectivity index (χ1) is 13.5. The number of aryl methyl sites for hydroxylation is 2. The average Bonchev–Trinajstić information content (AvgIpc) is 2.72. The summed E-state index contributed by atoms with van der Waals surface area (Å²) in [5, 5.41) is 0. The van der Waals surface area contributed by atoms with E-state index in [0.29, 0.717) is 13.0 Å². The zero-order chi connectivity index (χ0) is 19.8. The summed E-state index contributed by atoms with van der Waals surface area (Å²) < 4.78 is 27.0. The van der Waals surface area contributed by atoms with Crippen LogP contribution in [0.5, 0.6) is 0 Å². The first-order valence-electron chi connectivity index (χ1n) is 10.1. The number of nitrogens with one attached hydrogen (secondary N) is 1. The van der Waals surface area contributed by atoms with Gasteiger partial charge in [-0.1, -0.05) is 42.5 Å². The van der Waals surface area contributed by atoms with Crippen molar-refractivity contribution in [2.45, 2.75) is 19.3 Å². The van der Waals surface area contributed by atoms with Gasteiger partial charge in [0.2, 0.25) is 10.0 Å². The third-order valence-electron chi connectivity index (χ3n) is 5.27. The van der Waals surface area contributed by atoms with Gasteiger partial charge in [-0.3, -0.25) is 0 Å². The van der Waals surface area contributed by atoms with E-state index in [1.54, 1.807) is 0 Å². The summed E-state index contributed by atoms with van der Waals surface area (Å²) in [7, 11) is -1.06. The van der Waals surface area contributed by atoms with Crippen LogP contribution in [0.1, 0.15) is 17.5 Å². The minimum absolute atomic E-state index is 0.136. The molecule has 0 bridgehead atoms. The lowest BCUT2D eigenvalue weighted by Crippen LogP contribution is -2.44. The third kappa shape index (κ3) is 6.62. The highest BCUT2D eigenvalue weighted by Gasteiger charge is 2.14. The number of piperazine rings is 1. The molecule has 0 radical (unpaired) electrons. The molecule has 28 heavy (non-hydrogen) atoms. The van der Waals surface area contributed by atoms with Gasteiger partial charge in [-0.15, -0.1) is 0 Å². The predicted octanol–water partition coefficient (Wildman–Crippen LogP) is 2.53. The lowest BCUT2D eigenvalue weighted by molar-refractivity contribution is 0.313. The number of sulfonamides is 1. The highest BCUT2D eigenvalue weighted by Crippen LogP contribution is 2.17. The molecule has 1 aliphatic heterocycles. The maximum atomic E-state index is 12.1. The maximum absolute atomic E-state index is 12.1. The SMILES string of the molecule is CN1CCN(c2ccc(CCCNS(=O)(=O)CCc3ccccc3)cc2)CC1. The molecule has 6 heteroatoms. The molecular formula is C22H31N3O2S. The molecular weight excluding hydrogens is 370 g/mol. The van der Waals surface area contributed by atoms with E-state index in [9.17, 15) is 8.42 Å². The highest BCUT2D eigenvalue weighted by atomic mass is 32.2. The minimum atomic E-state index is -3.22. The molecule has 152 valence electrons. The lowest BCUT2D eigenvalue weighted by Gasteiger charge is -2.34. The van der Waals surface area contributed by atoms with Crippen molar-refractivity contribution in [3.63, 3.8) is 0 Å². The van der Waals surface area contributed by atoms with Gasteiger partial charge in [0.25, 0.3) is 0 Å². The van der Waals surface area contributed by atoms with Crippen LogP contribution in [0, 0.1) is 0 Å². The molecule has 1 saturated heterocycles. The molecule has 0 amide bonds. The molecule has 0 saturated carbocycles. The summed E-state index contributed by atoms with van der Waals surface area (Å²) in [6.45, 7) is 4.83. The van der Waals surface area contributed by atoms with Gasteiger partial charge in [0.1, 0.15) is 0 Å². The molecule has 5 nitrogen and oxygen atoms in total. The fourth-order valence-electron chi connectivity index (χ4n) is 3.43. The van der Waals surface area contributed by atoms with Crippen molar-refractivity contribution >= 4 is 15.7 Å². The van der Waals surface area contributed by atoms with E-state index in [1.165, 1.54) is 11.3 Å². The summed E-state index contributed by atoms with van der Waals surface area (Å²) in [4.78, 5) is 4.77. The van der Waals surface area contributed by atoms with Crippen molar-refractivity contribution in [3.8, 4) is 0 Å². The Hall–Kier alpha value is -1.89. The van der Waals surface area contributed by atoms with Gasteiger partial charge in [-0.05, 0) is 49.6 Å². The second-order valence-corrected chi connectivity index (χ2v) is 9.44. The van der Waals surface area contributed by atoms with Crippen LogP contribution in [-0.2, 0) is 22.9 Å². The van der Waals surface area contributed by atoms with E-state index in [1.807, 2.05) is 30.3 Å². The third-order valence-corrected chi connectivity index (χ3v) is 6.66. The lowest BCUT2D eigenvalue weighted by atomic mass is 10.1. The average molecular weight is 402 g/mol. The highest BCUT2D eigenvalue weighted by molar-refractivity contribution is 7.89. The number of likely N-dealkylation sites (N-methyl/N-ethyl adjacent to an activating group) is 1. The second kappa shape index (κ2) is 10.0. The minimum Gasteiger partial charge on any atom is -0.369 e. The van der Waals surface area contributed by atoms with Crippen LogP contribution in [0.2, 0.25) is 0 Å². The van der Waals surface area contributed by atoms with Crippen molar-refractivity contribution < 1.29 is 8.42 Å². The molecule has 1 heterocycles. The molecule has 1 aliphatic rings. The summed E-state index contributed by atoms with van der Waals surface area (Å²) >= 11 is 0. The van der Waals surface area contributed by atoms with Gasteiger partial charge in [0, 0.05) is 38.4 Å². The Bertz CT molecular complexity index is 815. The number of hydrogen-bond donors (Lipinski definition) is 1. The van der Waals surface area contributed by atoms with Crippen LogP contribution in [0.25, 0.3) is 0 Å². The molecule has 0 aromatic heterocycles. The predicted molar refractivity (Wildman–Crippen MR) is 116 cm³/mol. The van der Waals surface area contributed by atoms with E-state index in [2.05, 4.69) is 45.8 Å². The molecule has 1 fully saturated rings. The van der Waals surface area contributed by atoms with Gasteiger partial charge in [-0.2, -0.15) is 0 Å². The van der Waals surface area contributed by atoms with Crippen LogP contribution < -0.4 is 9.62 Å². The van der Waals surface area contributed by atoms with Gasteiger partial charge in [0.05, 0.1) is 5.75 Å². The monoisotopic (exact) mass is 401 g/mol. The summed E-state index contributed by atoms with van der Waals surface area (Å²) in [6.07, 6.45) is 2.23. The summed E-state index contributed by atoms with van der Waals surface area (Å²) in [6, 6.07) is 18.4. The normalized spacial score (nSPS) is 15.7. The topological polar surface area (TPSA) is 52.6 Å². The van der Waals surface area contributed by atoms with E-state index in [0.717, 1.165) is 44.6 Å². The largest absolute Gasteiger partial charge is 0.369 e. The Balaban J connectivity index is 1.37. The van der Waals surface area contributed by atoms with Crippen molar-refractivity contribution in [3.05, 3.63) is 65.7 Å². The number of nitrogens with zero attached hydrogens (tertiary/aromatic N) is 2. The number of rotatable bonds is 9. The van der Waals surface area contributed by atoms with E-state index in [-0.39, 0.29) is 5.75 Å². The molecule has 0 unspecified atom stereocenters. The van der Waals surface area contributed by atoms with Crippen molar-refractivity contribution in [2.24, 2.45) is 0 Å². The van der Waals surface area contributed by atoms with Crippen molar-refractivity contribution in [2.75, 3.05) is 50.4 Å². The summed E-state index contributed by atoms with van der Waals surface area (Å²) in [5.41, 5.74) is 3.58. The molecule has 0 spiro atoms. The quantitative estimate of drug-likeness (QED) is 0.656. The van der Waals surface area contributed by atoms with Gasteiger partial charge in [-0.25, -0.2) is 13.1 Å². The van der Waals surface area contributed by atoms with Gasteiger partial charge >= 0.3 is 0 Å². The van der Waals surface area contributed by atoms with Crippen LogP contribution in [0.15, 0.2) is 54.6 Å². The molecule has 1 N–H and O–H groups in total. The Kier molecular flexibility index (Phi) is 7.48. The second-order valence-electron chi connectivity index (χ2n) is 7.51. The Labute approximate surface area is 169 Å². The molecule has 0 aliphatic carbocycles. The first-order valence-corrected chi connectivity index (χ1v) is 11.7. The molecule has 2 aromatic carbocycles.